The van der Waals surface area contributed by atoms with Crippen molar-refractivity contribution in [1.29, 1.82) is 0 Å². The molecular weight excluding hydrogens is 356 g/mol. The smallest absolute Gasteiger partial charge is 0.319 e. The van der Waals surface area contributed by atoms with Crippen LogP contribution in [0.5, 0.6) is 5.75 Å². The molecule has 0 aromatic heterocycles. The molecule has 152 valence electrons. The number of esters is 1. The molecule has 0 spiro atoms. The van der Waals surface area contributed by atoms with E-state index in [1.54, 1.807) is 0 Å². The Morgan fingerprint density at radius 2 is 1.82 bits per heavy atom. The van der Waals surface area contributed by atoms with Gasteiger partial charge in [0.2, 0.25) is 0 Å². The van der Waals surface area contributed by atoms with Gasteiger partial charge in [-0.15, -0.1) is 0 Å². The van der Waals surface area contributed by atoms with E-state index in [0.29, 0.717) is 11.4 Å². The van der Waals surface area contributed by atoms with Crippen molar-refractivity contribution in [3.8, 4) is 5.75 Å². The van der Waals surface area contributed by atoms with Crippen LogP contribution in [0.4, 0.5) is 4.79 Å². The first-order chi connectivity index (χ1) is 13.5. The van der Waals surface area contributed by atoms with Crippen molar-refractivity contribution in [3.05, 3.63) is 42.1 Å². The number of urea groups is 1. The van der Waals surface area contributed by atoms with E-state index < -0.39 is 12.0 Å². The molecule has 6 nitrogen and oxygen atoms in total. The van der Waals surface area contributed by atoms with Gasteiger partial charge in [0.25, 0.3) is 0 Å². The molecule has 3 rings (SSSR count). The second-order valence-corrected chi connectivity index (χ2v) is 7.83. The lowest BCUT2D eigenvalue weighted by Gasteiger charge is -2.35. The standard InChI is InChI=1S/C22H30N2O4/c1-14(2)27-18-13-9-8-12-17(18)20-19(15(3)23-22(26)24-20)21(25)28-16-10-6-4-5-7-11-16/h8-9,12-14,16,19-20H,3-7,10-11H2,1-2H3,(H2,23,24,26). The van der Waals surface area contributed by atoms with E-state index in [4.69, 9.17) is 9.47 Å². The fraction of sp³-hybridized carbons (Fsp3) is 0.545. The van der Waals surface area contributed by atoms with Crippen LogP contribution >= 0.6 is 0 Å². The summed E-state index contributed by atoms with van der Waals surface area (Å²) in [5, 5.41) is 5.50. The lowest BCUT2D eigenvalue weighted by atomic mass is 9.88. The Labute approximate surface area is 166 Å². The van der Waals surface area contributed by atoms with Crippen molar-refractivity contribution in [2.45, 2.75) is 70.6 Å². The lowest BCUT2D eigenvalue weighted by molar-refractivity contribution is -0.154. The minimum absolute atomic E-state index is 0.0295. The molecule has 2 atom stereocenters. The van der Waals surface area contributed by atoms with Crippen LogP contribution in [-0.2, 0) is 9.53 Å². The molecule has 2 amide bonds. The zero-order chi connectivity index (χ0) is 20.1. The van der Waals surface area contributed by atoms with E-state index in [-0.39, 0.29) is 24.2 Å². The summed E-state index contributed by atoms with van der Waals surface area (Å²) in [6.45, 7) is 7.81. The van der Waals surface area contributed by atoms with Crippen LogP contribution in [0.15, 0.2) is 36.5 Å². The molecule has 2 aliphatic rings. The van der Waals surface area contributed by atoms with E-state index in [1.165, 1.54) is 12.8 Å². The number of nitrogens with one attached hydrogen (secondary N) is 2. The zero-order valence-corrected chi connectivity index (χ0v) is 16.7. The molecule has 2 unspecified atom stereocenters. The summed E-state index contributed by atoms with van der Waals surface area (Å²) in [5.74, 6) is -0.420. The summed E-state index contributed by atoms with van der Waals surface area (Å²) >= 11 is 0. The van der Waals surface area contributed by atoms with Gasteiger partial charge in [0.15, 0.2) is 0 Å². The number of ether oxygens (including phenoxy) is 2. The maximum atomic E-state index is 13.1. The van der Waals surface area contributed by atoms with Crippen molar-refractivity contribution >= 4 is 12.0 Å². The van der Waals surface area contributed by atoms with Crippen molar-refractivity contribution < 1.29 is 19.1 Å². The first-order valence-electron chi connectivity index (χ1n) is 10.2. The molecule has 1 aromatic carbocycles. The van der Waals surface area contributed by atoms with Crippen LogP contribution in [0.25, 0.3) is 0 Å². The van der Waals surface area contributed by atoms with E-state index >= 15 is 0 Å². The summed E-state index contributed by atoms with van der Waals surface area (Å²) in [5.41, 5.74) is 1.10. The second-order valence-electron chi connectivity index (χ2n) is 7.83. The zero-order valence-electron chi connectivity index (χ0n) is 16.7. The van der Waals surface area contributed by atoms with Crippen LogP contribution in [0.2, 0.25) is 0 Å². The number of para-hydroxylation sites is 1. The molecule has 1 heterocycles. The van der Waals surface area contributed by atoms with Gasteiger partial charge in [0, 0.05) is 11.3 Å². The average molecular weight is 386 g/mol. The van der Waals surface area contributed by atoms with Gasteiger partial charge in [-0.3, -0.25) is 4.79 Å². The highest BCUT2D eigenvalue weighted by molar-refractivity contribution is 5.85. The highest BCUT2D eigenvalue weighted by atomic mass is 16.5. The van der Waals surface area contributed by atoms with E-state index in [1.807, 2.05) is 38.1 Å². The summed E-state index contributed by atoms with van der Waals surface area (Å²) in [7, 11) is 0. The summed E-state index contributed by atoms with van der Waals surface area (Å²) in [6.07, 6.45) is 6.21. The van der Waals surface area contributed by atoms with Crippen LogP contribution in [0.3, 0.4) is 0 Å². The Morgan fingerprint density at radius 3 is 2.50 bits per heavy atom. The van der Waals surface area contributed by atoms with Gasteiger partial charge in [-0.05, 0) is 45.6 Å². The fourth-order valence-electron chi connectivity index (χ4n) is 3.92. The van der Waals surface area contributed by atoms with Gasteiger partial charge in [-0.2, -0.15) is 0 Å². The van der Waals surface area contributed by atoms with Crippen molar-refractivity contribution in [2.75, 3.05) is 0 Å². The number of carbonyl (C=O) groups excluding carboxylic acids is 2. The quantitative estimate of drug-likeness (QED) is 0.587. The first kappa shape index (κ1) is 20.2. The summed E-state index contributed by atoms with van der Waals surface area (Å²) < 4.78 is 11.8. The highest BCUT2D eigenvalue weighted by Crippen LogP contribution is 2.36. The second kappa shape index (κ2) is 9.13. The number of hydrogen-bond donors (Lipinski definition) is 2. The van der Waals surface area contributed by atoms with Crippen LogP contribution in [0, 0.1) is 5.92 Å². The maximum Gasteiger partial charge on any atom is 0.319 e. The molecular formula is C22H30N2O4. The van der Waals surface area contributed by atoms with Crippen molar-refractivity contribution in [3.63, 3.8) is 0 Å². The summed E-state index contributed by atoms with van der Waals surface area (Å²) in [6, 6.07) is 6.49. The Bertz CT molecular complexity index is 723. The van der Waals surface area contributed by atoms with E-state index in [2.05, 4.69) is 17.2 Å². The van der Waals surface area contributed by atoms with Gasteiger partial charge in [-0.1, -0.05) is 37.6 Å². The molecule has 0 bridgehead atoms. The van der Waals surface area contributed by atoms with Crippen molar-refractivity contribution in [2.24, 2.45) is 5.92 Å². The first-order valence-corrected chi connectivity index (χ1v) is 10.2. The molecule has 1 aromatic rings. The van der Waals surface area contributed by atoms with E-state index in [0.717, 1.165) is 31.2 Å². The minimum Gasteiger partial charge on any atom is -0.491 e. The maximum absolute atomic E-state index is 13.1. The predicted octanol–water partition coefficient (Wildman–Crippen LogP) is 4.22. The fourth-order valence-corrected chi connectivity index (χ4v) is 3.92. The largest absolute Gasteiger partial charge is 0.491 e. The number of rotatable bonds is 5. The molecule has 28 heavy (non-hydrogen) atoms. The molecule has 0 radical (unpaired) electrons. The number of hydrogen-bond acceptors (Lipinski definition) is 4. The Balaban J connectivity index is 1.86. The SMILES string of the molecule is C=C1NC(=O)NC(c2ccccc2OC(C)C)C1C(=O)OC1CCCCCC1. The minimum atomic E-state index is -0.710. The molecule has 1 aliphatic carbocycles. The lowest BCUT2D eigenvalue weighted by Crippen LogP contribution is -2.51. The highest BCUT2D eigenvalue weighted by Gasteiger charge is 2.41. The van der Waals surface area contributed by atoms with Crippen LogP contribution in [-0.4, -0.2) is 24.2 Å². The summed E-state index contributed by atoms with van der Waals surface area (Å²) in [4.78, 5) is 25.2. The average Bonchev–Trinajstić information content (AvgIpc) is 2.89. The van der Waals surface area contributed by atoms with Crippen LogP contribution < -0.4 is 15.4 Å². The topological polar surface area (TPSA) is 76.7 Å². The van der Waals surface area contributed by atoms with Crippen molar-refractivity contribution in [1.82, 2.24) is 10.6 Å². The van der Waals surface area contributed by atoms with Gasteiger partial charge in [0.05, 0.1) is 12.1 Å². The normalized spacial score (nSPS) is 23.5. The predicted molar refractivity (Wildman–Crippen MR) is 107 cm³/mol. The molecule has 6 heteroatoms. The molecule has 1 aliphatic heterocycles. The van der Waals surface area contributed by atoms with Gasteiger partial charge >= 0.3 is 12.0 Å². The third-order valence-electron chi connectivity index (χ3n) is 5.23. The Morgan fingerprint density at radius 1 is 1.14 bits per heavy atom. The molecule has 1 saturated carbocycles. The molecule has 2 N–H and O–H groups in total. The van der Waals surface area contributed by atoms with Crippen LogP contribution in [0.1, 0.15) is 64.0 Å². The molecule has 1 saturated heterocycles. The third-order valence-corrected chi connectivity index (χ3v) is 5.23. The Kier molecular flexibility index (Phi) is 6.60. The number of benzene rings is 1. The van der Waals surface area contributed by atoms with E-state index in [9.17, 15) is 9.59 Å². The third kappa shape index (κ3) is 4.86. The monoisotopic (exact) mass is 386 g/mol. The Hall–Kier alpha value is -2.50. The van der Waals surface area contributed by atoms with Gasteiger partial charge in [0.1, 0.15) is 17.8 Å². The number of amides is 2. The van der Waals surface area contributed by atoms with Gasteiger partial charge < -0.3 is 20.1 Å². The van der Waals surface area contributed by atoms with Gasteiger partial charge in [-0.25, -0.2) is 4.79 Å². The molecule has 2 fully saturated rings. The number of carbonyl (C=O) groups is 2.